The van der Waals surface area contributed by atoms with Gasteiger partial charge in [-0.05, 0) is 6.07 Å². The van der Waals surface area contributed by atoms with E-state index in [2.05, 4.69) is 0 Å². The summed E-state index contributed by atoms with van der Waals surface area (Å²) in [5, 5.41) is 0. The Balaban J connectivity index is 1.71. The van der Waals surface area contributed by atoms with E-state index >= 15 is 0 Å². The Bertz CT molecular complexity index is 326. The van der Waals surface area contributed by atoms with Crippen LogP contribution in [-0.2, 0) is 16.0 Å². The molecule has 1 aromatic carbocycles. The van der Waals surface area contributed by atoms with Crippen molar-refractivity contribution in [1.82, 2.24) is 0 Å². The highest BCUT2D eigenvalue weighted by molar-refractivity contribution is 5.32. The van der Waals surface area contributed by atoms with E-state index in [1.54, 1.807) is 0 Å². The van der Waals surface area contributed by atoms with E-state index in [0.29, 0.717) is 33.0 Å². The molecule has 1 saturated heterocycles. The van der Waals surface area contributed by atoms with Gasteiger partial charge in [-0.1, -0.05) is 18.2 Å². The number of nitrogens with two attached hydrogens (primary N) is 1. The summed E-state index contributed by atoms with van der Waals surface area (Å²) >= 11 is 0. The fourth-order valence-electron chi connectivity index (χ4n) is 1.49. The molecule has 16 heavy (non-hydrogen) atoms. The van der Waals surface area contributed by atoms with E-state index in [0.717, 1.165) is 11.3 Å². The molecule has 0 bridgehead atoms. The van der Waals surface area contributed by atoms with Crippen molar-refractivity contribution in [1.29, 1.82) is 0 Å². The van der Waals surface area contributed by atoms with Crippen LogP contribution in [0, 0.1) is 0 Å². The van der Waals surface area contributed by atoms with Gasteiger partial charge < -0.3 is 19.9 Å². The smallest absolute Gasteiger partial charge is 0.123 e. The lowest BCUT2D eigenvalue weighted by Gasteiger charge is -2.25. The zero-order chi connectivity index (χ0) is 11.2. The lowest BCUT2D eigenvalue weighted by molar-refractivity contribution is -0.132. The molecule has 4 heteroatoms. The van der Waals surface area contributed by atoms with Gasteiger partial charge in [-0.3, -0.25) is 0 Å². The van der Waals surface area contributed by atoms with Crippen LogP contribution in [0.4, 0.5) is 0 Å². The molecule has 2 rings (SSSR count). The highest BCUT2D eigenvalue weighted by Gasteiger charge is 2.18. The third kappa shape index (κ3) is 2.95. The van der Waals surface area contributed by atoms with Gasteiger partial charge >= 0.3 is 0 Å². The van der Waals surface area contributed by atoms with Crippen LogP contribution in [0.2, 0.25) is 0 Å². The second-order valence-electron chi connectivity index (χ2n) is 3.69. The molecule has 0 amide bonds. The van der Waals surface area contributed by atoms with Crippen LogP contribution in [0.15, 0.2) is 24.3 Å². The van der Waals surface area contributed by atoms with E-state index in [1.807, 2.05) is 24.3 Å². The van der Waals surface area contributed by atoms with Crippen LogP contribution >= 0.6 is 0 Å². The van der Waals surface area contributed by atoms with Crippen molar-refractivity contribution in [2.75, 3.05) is 26.4 Å². The molecule has 0 spiro atoms. The Hall–Kier alpha value is -1.10. The summed E-state index contributed by atoms with van der Waals surface area (Å²) in [6, 6.07) is 7.79. The quantitative estimate of drug-likeness (QED) is 0.729. The number of hydrogen-bond acceptors (Lipinski definition) is 4. The van der Waals surface area contributed by atoms with Gasteiger partial charge in [0.05, 0.1) is 19.8 Å². The second-order valence-corrected chi connectivity index (χ2v) is 3.69. The normalized spacial score (nSPS) is 15.8. The molecule has 1 fully saturated rings. The number of benzene rings is 1. The first-order valence-electron chi connectivity index (χ1n) is 5.50. The first-order valence-corrected chi connectivity index (χ1v) is 5.50. The zero-order valence-corrected chi connectivity index (χ0v) is 9.22. The Labute approximate surface area is 95.3 Å². The number of para-hydroxylation sites is 1. The highest BCUT2D eigenvalue weighted by atomic mass is 16.6. The molecule has 0 saturated carbocycles. The van der Waals surface area contributed by atoms with E-state index in [4.69, 9.17) is 19.9 Å². The Morgan fingerprint density at radius 2 is 2.06 bits per heavy atom. The minimum absolute atomic E-state index is 0.258. The van der Waals surface area contributed by atoms with Crippen LogP contribution in [0.1, 0.15) is 5.56 Å². The molecule has 1 aliphatic rings. The summed E-state index contributed by atoms with van der Waals surface area (Å²) in [6.45, 7) is 3.05. The van der Waals surface area contributed by atoms with Crippen molar-refractivity contribution in [2.45, 2.75) is 12.6 Å². The molecule has 0 atom stereocenters. The molecule has 0 aliphatic carbocycles. The topological polar surface area (TPSA) is 53.7 Å². The number of rotatable bonds is 6. The highest BCUT2D eigenvalue weighted by Crippen LogP contribution is 2.16. The van der Waals surface area contributed by atoms with Crippen LogP contribution in [0.3, 0.4) is 0 Å². The maximum atomic E-state index is 5.61. The summed E-state index contributed by atoms with van der Waals surface area (Å²) in [5.74, 6) is 0.846. The summed E-state index contributed by atoms with van der Waals surface area (Å²) in [5.41, 5.74) is 6.63. The molecular formula is C12H17NO3. The largest absolute Gasteiger partial charge is 0.491 e. The summed E-state index contributed by atoms with van der Waals surface area (Å²) in [6.07, 6.45) is 0.258. The SMILES string of the molecule is NCc1ccccc1OCCOC1COC1. The van der Waals surface area contributed by atoms with Crippen LogP contribution < -0.4 is 10.5 Å². The molecule has 1 aromatic rings. The van der Waals surface area contributed by atoms with Gasteiger partial charge in [0.1, 0.15) is 18.5 Å². The molecule has 88 valence electrons. The van der Waals surface area contributed by atoms with Crippen molar-refractivity contribution in [3.63, 3.8) is 0 Å². The molecular weight excluding hydrogens is 206 g/mol. The minimum atomic E-state index is 0.258. The average Bonchev–Trinajstić information content (AvgIpc) is 2.27. The number of hydrogen-bond donors (Lipinski definition) is 1. The van der Waals surface area contributed by atoms with Crippen molar-refractivity contribution in [2.24, 2.45) is 5.73 Å². The van der Waals surface area contributed by atoms with Crippen molar-refractivity contribution >= 4 is 0 Å². The van der Waals surface area contributed by atoms with E-state index in [9.17, 15) is 0 Å². The van der Waals surface area contributed by atoms with E-state index < -0.39 is 0 Å². The molecule has 1 heterocycles. The Morgan fingerprint density at radius 1 is 1.25 bits per heavy atom. The van der Waals surface area contributed by atoms with Crippen molar-refractivity contribution in [3.8, 4) is 5.75 Å². The molecule has 1 aliphatic heterocycles. The van der Waals surface area contributed by atoms with Gasteiger partial charge in [0.25, 0.3) is 0 Å². The van der Waals surface area contributed by atoms with Crippen LogP contribution in [0.5, 0.6) is 5.75 Å². The molecule has 0 unspecified atom stereocenters. The third-order valence-corrected chi connectivity index (χ3v) is 2.49. The maximum Gasteiger partial charge on any atom is 0.123 e. The lowest BCUT2D eigenvalue weighted by atomic mass is 10.2. The fraction of sp³-hybridized carbons (Fsp3) is 0.500. The first kappa shape index (κ1) is 11.4. The van der Waals surface area contributed by atoms with Gasteiger partial charge in [-0.2, -0.15) is 0 Å². The van der Waals surface area contributed by atoms with E-state index in [1.165, 1.54) is 0 Å². The number of ether oxygens (including phenoxy) is 3. The minimum Gasteiger partial charge on any atom is -0.491 e. The van der Waals surface area contributed by atoms with Gasteiger partial charge in [-0.15, -0.1) is 0 Å². The maximum absolute atomic E-state index is 5.61. The fourth-order valence-corrected chi connectivity index (χ4v) is 1.49. The zero-order valence-electron chi connectivity index (χ0n) is 9.22. The van der Waals surface area contributed by atoms with Crippen molar-refractivity contribution in [3.05, 3.63) is 29.8 Å². The van der Waals surface area contributed by atoms with Gasteiger partial charge in [0, 0.05) is 12.1 Å². The van der Waals surface area contributed by atoms with Crippen LogP contribution in [-0.4, -0.2) is 32.5 Å². The van der Waals surface area contributed by atoms with Gasteiger partial charge in [0.2, 0.25) is 0 Å². The van der Waals surface area contributed by atoms with Gasteiger partial charge in [0.15, 0.2) is 0 Å². The third-order valence-electron chi connectivity index (χ3n) is 2.49. The summed E-state index contributed by atoms with van der Waals surface area (Å²) in [4.78, 5) is 0. The standard InChI is InChI=1S/C12H17NO3/c13-7-10-3-1-2-4-12(10)16-6-5-15-11-8-14-9-11/h1-4,11H,5-9,13H2. The second kappa shape index (κ2) is 5.84. The lowest BCUT2D eigenvalue weighted by Crippen LogP contribution is -2.37. The Morgan fingerprint density at radius 3 is 2.75 bits per heavy atom. The average molecular weight is 223 g/mol. The van der Waals surface area contributed by atoms with Crippen molar-refractivity contribution < 1.29 is 14.2 Å². The monoisotopic (exact) mass is 223 g/mol. The molecule has 0 radical (unpaired) electrons. The van der Waals surface area contributed by atoms with Crippen LogP contribution in [0.25, 0.3) is 0 Å². The predicted octanol–water partition coefficient (Wildman–Crippen LogP) is 0.939. The summed E-state index contributed by atoms with van der Waals surface area (Å²) < 4.78 is 16.1. The molecule has 4 nitrogen and oxygen atoms in total. The molecule has 0 aromatic heterocycles. The molecule has 2 N–H and O–H groups in total. The van der Waals surface area contributed by atoms with Gasteiger partial charge in [-0.25, -0.2) is 0 Å². The Kier molecular flexibility index (Phi) is 4.16. The first-order chi connectivity index (χ1) is 7.90. The summed E-state index contributed by atoms with van der Waals surface area (Å²) in [7, 11) is 0. The van der Waals surface area contributed by atoms with E-state index in [-0.39, 0.29) is 6.10 Å². The predicted molar refractivity (Wildman–Crippen MR) is 60.4 cm³/mol.